The minimum atomic E-state index is 0.0134. The first-order valence-corrected chi connectivity index (χ1v) is 8.04. The molecule has 3 N–H and O–H groups in total. The van der Waals surface area contributed by atoms with Crippen molar-refractivity contribution in [3.63, 3.8) is 0 Å². The molecule has 0 unspecified atom stereocenters. The Balaban J connectivity index is 1.74. The van der Waals surface area contributed by atoms with Crippen LogP contribution in [0.4, 0.5) is 11.4 Å². The number of rotatable bonds is 5. The number of halogens is 1. The van der Waals surface area contributed by atoms with Crippen molar-refractivity contribution >= 4 is 40.6 Å². The lowest BCUT2D eigenvalue weighted by molar-refractivity contribution is -0.115. The Bertz CT molecular complexity index is 447. The van der Waals surface area contributed by atoms with E-state index in [9.17, 15) is 4.79 Å². The van der Waals surface area contributed by atoms with Gasteiger partial charge in [0.1, 0.15) is 0 Å². The van der Waals surface area contributed by atoms with Crippen LogP contribution in [0.3, 0.4) is 0 Å². The molecule has 1 aliphatic rings. The van der Waals surface area contributed by atoms with Crippen LogP contribution in [0.5, 0.6) is 0 Å². The summed E-state index contributed by atoms with van der Waals surface area (Å²) in [7, 11) is 0. The summed E-state index contributed by atoms with van der Waals surface area (Å²) in [5.41, 5.74) is 6.94. The number of benzene rings is 1. The van der Waals surface area contributed by atoms with Crippen molar-refractivity contribution in [2.45, 2.75) is 37.4 Å². The SMILES string of the molecule is Nc1cc(Cl)ccc1NC(=O)CCSC1CCCC1. The summed E-state index contributed by atoms with van der Waals surface area (Å²) in [5, 5.41) is 4.16. The van der Waals surface area contributed by atoms with Gasteiger partial charge in [-0.05, 0) is 31.0 Å². The molecule has 1 amide bonds. The van der Waals surface area contributed by atoms with E-state index in [1.54, 1.807) is 18.2 Å². The zero-order valence-corrected chi connectivity index (χ0v) is 12.4. The molecule has 104 valence electrons. The van der Waals surface area contributed by atoms with Gasteiger partial charge >= 0.3 is 0 Å². The van der Waals surface area contributed by atoms with Crippen molar-refractivity contribution in [3.8, 4) is 0 Å². The van der Waals surface area contributed by atoms with Crippen molar-refractivity contribution in [1.82, 2.24) is 0 Å². The number of nitrogen functional groups attached to an aromatic ring is 1. The van der Waals surface area contributed by atoms with Gasteiger partial charge in [0.2, 0.25) is 5.91 Å². The first-order chi connectivity index (χ1) is 9.15. The Kier molecular flexibility index (Phi) is 5.40. The summed E-state index contributed by atoms with van der Waals surface area (Å²) < 4.78 is 0. The number of nitrogens with two attached hydrogens (primary N) is 1. The van der Waals surface area contributed by atoms with E-state index >= 15 is 0 Å². The summed E-state index contributed by atoms with van der Waals surface area (Å²) in [6.45, 7) is 0. The highest BCUT2D eigenvalue weighted by molar-refractivity contribution is 7.99. The number of nitrogens with one attached hydrogen (secondary N) is 1. The maximum Gasteiger partial charge on any atom is 0.225 e. The molecule has 1 aromatic rings. The van der Waals surface area contributed by atoms with E-state index in [1.807, 2.05) is 11.8 Å². The Hall–Kier alpha value is -0.870. The maximum atomic E-state index is 11.8. The monoisotopic (exact) mass is 298 g/mol. The standard InChI is InChI=1S/C14H19ClN2OS/c15-10-5-6-13(12(16)9-10)17-14(18)7-8-19-11-3-1-2-4-11/h5-6,9,11H,1-4,7-8,16H2,(H,17,18). The summed E-state index contributed by atoms with van der Waals surface area (Å²) in [5.74, 6) is 0.892. The van der Waals surface area contributed by atoms with Gasteiger partial charge in [-0.2, -0.15) is 11.8 Å². The molecular weight excluding hydrogens is 280 g/mol. The first kappa shape index (κ1) is 14.5. The van der Waals surface area contributed by atoms with Gasteiger partial charge in [-0.1, -0.05) is 24.4 Å². The van der Waals surface area contributed by atoms with Crippen molar-refractivity contribution in [2.75, 3.05) is 16.8 Å². The van der Waals surface area contributed by atoms with Crippen LogP contribution in [-0.4, -0.2) is 16.9 Å². The lowest BCUT2D eigenvalue weighted by Gasteiger charge is -2.10. The number of anilines is 2. The highest BCUT2D eigenvalue weighted by atomic mass is 35.5. The number of amides is 1. The lowest BCUT2D eigenvalue weighted by atomic mass is 10.2. The minimum absolute atomic E-state index is 0.0134. The largest absolute Gasteiger partial charge is 0.397 e. The third-order valence-electron chi connectivity index (χ3n) is 3.27. The van der Waals surface area contributed by atoms with Crippen LogP contribution < -0.4 is 11.1 Å². The van der Waals surface area contributed by atoms with Crippen molar-refractivity contribution in [2.24, 2.45) is 0 Å². The third-order valence-corrected chi connectivity index (χ3v) is 4.89. The van der Waals surface area contributed by atoms with Crippen molar-refractivity contribution in [3.05, 3.63) is 23.2 Å². The summed E-state index contributed by atoms with van der Waals surface area (Å²) in [6, 6.07) is 5.10. The molecule has 3 nitrogen and oxygen atoms in total. The smallest absolute Gasteiger partial charge is 0.225 e. The first-order valence-electron chi connectivity index (χ1n) is 6.61. The second-order valence-electron chi connectivity index (χ2n) is 4.81. The van der Waals surface area contributed by atoms with Crippen LogP contribution in [-0.2, 0) is 4.79 Å². The molecule has 2 rings (SSSR count). The predicted octanol–water partition coefficient (Wildman–Crippen LogP) is 3.93. The Labute approximate surface area is 123 Å². The van der Waals surface area contributed by atoms with Crippen LogP contribution in [0, 0.1) is 0 Å². The van der Waals surface area contributed by atoms with E-state index in [-0.39, 0.29) is 5.91 Å². The predicted molar refractivity (Wildman–Crippen MR) is 83.8 cm³/mol. The molecule has 0 atom stereocenters. The van der Waals surface area contributed by atoms with Crippen molar-refractivity contribution in [1.29, 1.82) is 0 Å². The molecule has 19 heavy (non-hydrogen) atoms. The summed E-state index contributed by atoms with van der Waals surface area (Å²) >= 11 is 7.73. The molecule has 0 spiro atoms. The van der Waals surface area contributed by atoms with Gasteiger partial charge in [0.15, 0.2) is 0 Å². The Morgan fingerprint density at radius 3 is 2.84 bits per heavy atom. The highest BCUT2D eigenvalue weighted by Crippen LogP contribution is 2.29. The molecular formula is C14H19ClN2OS. The molecule has 0 saturated heterocycles. The van der Waals surface area contributed by atoms with Gasteiger partial charge in [0.25, 0.3) is 0 Å². The molecule has 0 aliphatic heterocycles. The van der Waals surface area contributed by atoms with E-state index in [4.69, 9.17) is 17.3 Å². The minimum Gasteiger partial charge on any atom is -0.397 e. The van der Waals surface area contributed by atoms with Crippen LogP contribution >= 0.6 is 23.4 Å². The van der Waals surface area contributed by atoms with E-state index in [0.29, 0.717) is 22.8 Å². The van der Waals surface area contributed by atoms with Crippen LogP contribution in [0.2, 0.25) is 5.02 Å². The maximum absolute atomic E-state index is 11.8. The van der Waals surface area contributed by atoms with Gasteiger partial charge in [-0.25, -0.2) is 0 Å². The molecule has 1 fully saturated rings. The van der Waals surface area contributed by atoms with Crippen LogP contribution in [0.1, 0.15) is 32.1 Å². The summed E-state index contributed by atoms with van der Waals surface area (Å²) in [6.07, 6.45) is 5.81. The molecule has 1 saturated carbocycles. The fourth-order valence-corrected chi connectivity index (χ4v) is 3.72. The second kappa shape index (κ2) is 7.06. The molecule has 1 aromatic carbocycles. The number of carbonyl (C=O) groups excluding carboxylic acids is 1. The van der Waals surface area contributed by atoms with Gasteiger partial charge in [0.05, 0.1) is 11.4 Å². The molecule has 5 heteroatoms. The van der Waals surface area contributed by atoms with Crippen LogP contribution in [0.15, 0.2) is 18.2 Å². The average molecular weight is 299 g/mol. The molecule has 0 radical (unpaired) electrons. The topological polar surface area (TPSA) is 55.1 Å². The normalized spacial score (nSPS) is 15.6. The fraction of sp³-hybridized carbons (Fsp3) is 0.500. The number of thioether (sulfide) groups is 1. The second-order valence-corrected chi connectivity index (χ2v) is 6.65. The quantitative estimate of drug-likeness (QED) is 0.810. The lowest BCUT2D eigenvalue weighted by Crippen LogP contribution is -2.14. The van der Waals surface area contributed by atoms with E-state index in [0.717, 1.165) is 11.0 Å². The van der Waals surface area contributed by atoms with E-state index in [2.05, 4.69) is 5.32 Å². The van der Waals surface area contributed by atoms with Gasteiger partial charge in [-0.3, -0.25) is 4.79 Å². The van der Waals surface area contributed by atoms with Gasteiger partial charge < -0.3 is 11.1 Å². The Morgan fingerprint density at radius 1 is 1.42 bits per heavy atom. The van der Waals surface area contributed by atoms with Crippen LogP contribution in [0.25, 0.3) is 0 Å². The molecule has 0 heterocycles. The molecule has 0 bridgehead atoms. The zero-order valence-electron chi connectivity index (χ0n) is 10.8. The Morgan fingerprint density at radius 2 is 2.16 bits per heavy atom. The third kappa shape index (κ3) is 4.62. The molecule has 0 aromatic heterocycles. The molecule has 1 aliphatic carbocycles. The number of hydrogen-bond donors (Lipinski definition) is 2. The van der Waals surface area contributed by atoms with Gasteiger partial charge in [0, 0.05) is 22.4 Å². The number of hydrogen-bond acceptors (Lipinski definition) is 3. The average Bonchev–Trinajstić information content (AvgIpc) is 2.86. The van der Waals surface area contributed by atoms with Gasteiger partial charge in [-0.15, -0.1) is 0 Å². The van der Waals surface area contributed by atoms with Crippen molar-refractivity contribution < 1.29 is 4.79 Å². The van der Waals surface area contributed by atoms with E-state index < -0.39 is 0 Å². The highest BCUT2D eigenvalue weighted by Gasteiger charge is 2.15. The zero-order chi connectivity index (χ0) is 13.7. The summed E-state index contributed by atoms with van der Waals surface area (Å²) in [4.78, 5) is 11.8. The fourth-order valence-electron chi connectivity index (χ4n) is 2.23. The number of carbonyl (C=O) groups is 1. The van der Waals surface area contributed by atoms with E-state index in [1.165, 1.54) is 25.7 Å².